The summed E-state index contributed by atoms with van der Waals surface area (Å²) >= 11 is 0. The van der Waals surface area contributed by atoms with Gasteiger partial charge in [-0.3, -0.25) is 0 Å². The Kier molecular flexibility index (Phi) is 6.69. The van der Waals surface area contributed by atoms with Crippen molar-refractivity contribution in [3.8, 4) is 39.1 Å². The van der Waals surface area contributed by atoms with Gasteiger partial charge in [0.25, 0.3) is 0 Å². The predicted molar refractivity (Wildman–Crippen MR) is 215 cm³/mol. The zero-order valence-corrected chi connectivity index (χ0v) is 28.4. The molecule has 1 heteroatoms. The summed E-state index contributed by atoms with van der Waals surface area (Å²) in [5.41, 5.74) is 18.9. The fraction of sp³-hybridized carbons (Fsp3) is 0.0400. The van der Waals surface area contributed by atoms with Crippen molar-refractivity contribution in [1.29, 1.82) is 0 Å². The summed E-state index contributed by atoms with van der Waals surface area (Å²) in [5, 5.41) is 1.24. The second-order valence-corrected chi connectivity index (χ2v) is 13.6. The van der Waals surface area contributed by atoms with Crippen LogP contribution in [0.15, 0.2) is 176 Å². The molecule has 51 heavy (non-hydrogen) atoms. The van der Waals surface area contributed by atoms with Gasteiger partial charge in [0, 0.05) is 16.6 Å². The molecule has 0 saturated carbocycles. The number of para-hydroxylation sites is 2. The van der Waals surface area contributed by atoms with Crippen LogP contribution < -0.4 is 0 Å². The highest BCUT2D eigenvalue weighted by Crippen LogP contribution is 2.62. The number of hydrogen-bond acceptors (Lipinski definition) is 0. The molecule has 8 aromatic rings. The summed E-state index contributed by atoms with van der Waals surface area (Å²) in [6, 6.07) is 62.4. The van der Waals surface area contributed by atoms with Crippen molar-refractivity contribution in [3.63, 3.8) is 0 Å². The average molecular weight is 650 g/mol. The van der Waals surface area contributed by atoms with E-state index in [1.807, 2.05) is 0 Å². The maximum absolute atomic E-state index is 2.42. The van der Waals surface area contributed by atoms with Crippen molar-refractivity contribution < 1.29 is 0 Å². The standard InChI is InChI=1S/C50H35N/c1-2-14-48-42(41-20-9-13-24-49(41)51(48)37-15-4-3-5-16-37)31-27-34-25-28-35(29-26-34)36-30-32-47-43(33-36)40-19-8-12-23-46(40)50(47)44-21-10-6-17-38(44)39-18-7-11-22-45(39)50/h2-33H,1H3/b14-2+,31-27-. The van der Waals surface area contributed by atoms with Crippen LogP contribution in [-0.2, 0) is 5.41 Å². The van der Waals surface area contributed by atoms with Crippen molar-refractivity contribution >= 4 is 29.1 Å². The molecular weight excluding hydrogens is 615 g/mol. The summed E-state index contributed by atoms with van der Waals surface area (Å²) in [5.74, 6) is 0. The maximum Gasteiger partial charge on any atom is 0.0725 e. The Morgan fingerprint density at radius 3 is 1.67 bits per heavy atom. The first kappa shape index (κ1) is 29.5. The van der Waals surface area contributed by atoms with Crippen molar-refractivity contribution in [2.75, 3.05) is 0 Å². The highest BCUT2D eigenvalue weighted by atomic mass is 15.0. The lowest BCUT2D eigenvalue weighted by atomic mass is 9.70. The van der Waals surface area contributed by atoms with Gasteiger partial charge in [0.05, 0.1) is 16.6 Å². The Balaban J connectivity index is 1.04. The van der Waals surface area contributed by atoms with E-state index in [9.17, 15) is 0 Å². The van der Waals surface area contributed by atoms with Crippen LogP contribution in [0.5, 0.6) is 0 Å². The number of benzene rings is 7. The average Bonchev–Trinajstić information content (AvgIpc) is 3.79. The van der Waals surface area contributed by atoms with E-state index in [0.29, 0.717) is 0 Å². The van der Waals surface area contributed by atoms with E-state index in [2.05, 4.69) is 206 Å². The first-order chi connectivity index (χ1) is 25.3. The third-order valence-corrected chi connectivity index (χ3v) is 11.0. The molecule has 0 fully saturated rings. The van der Waals surface area contributed by atoms with Gasteiger partial charge in [-0.25, -0.2) is 0 Å². The van der Waals surface area contributed by atoms with Gasteiger partial charge in [0.1, 0.15) is 0 Å². The molecule has 240 valence electrons. The number of nitrogens with zero attached hydrogens (tertiary/aromatic N) is 1. The van der Waals surface area contributed by atoms with E-state index in [4.69, 9.17) is 0 Å². The molecule has 0 unspecified atom stereocenters. The quantitative estimate of drug-likeness (QED) is 0.175. The third kappa shape index (κ3) is 4.28. The molecule has 1 heterocycles. The molecule has 0 saturated heterocycles. The molecule has 1 spiro atoms. The Labute approximate surface area is 299 Å². The molecular formula is C50H35N. The van der Waals surface area contributed by atoms with Crippen molar-refractivity contribution in [1.82, 2.24) is 4.57 Å². The van der Waals surface area contributed by atoms with Gasteiger partial charge in [0.15, 0.2) is 0 Å². The van der Waals surface area contributed by atoms with Crippen LogP contribution in [0.3, 0.4) is 0 Å². The third-order valence-electron chi connectivity index (χ3n) is 11.0. The lowest BCUT2D eigenvalue weighted by Crippen LogP contribution is -2.25. The second-order valence-electron chi connectivity index (χ2n) is 13.6. The van der Waals surface area contributed by atoms with Gasteiger partial charge in [0.2, 0.25) is 0 Å². The molecule has 0 bridgehead atoms. The number of hydrogen-bond donors (Lipinski definition) is 0. The first-order valence-electron chi connectivity index (χ1n) is 17.8. The van der Waals surface area contributed by atoms with Crippen LogP contribution in [0.25, 0.3) is 68.2 Å². The van der Waals surface area contributed by atoms with E-state index in [0.717, 1.165) is 5.69 Å². The number of aromatic nitrogens is 1. The molecule has 0 atom stereocenters. The Morgan fingerprint density at radius 1 is 0.451 bits per heavy atom. The van der Waals surface area contributed by atoms with Crippen LogP contribution in [0.1, 0.15) is 46.0 Å². The van der Waals surface area contributed by atoms with Gasteiger partial charge >= 0.3 is 0 Å². The number of rotatable bonds is 5. The van der Waals surface area contributed by atoms with Crippen LogP contribution in [0.2, 0.25) is 0 Å². The molecule has 10 rings (SSSR count). The van der Waals surface area contributed by atoms with E-state index in [-0.39, 0.29) is 5.41 Å². The molecule has 2 aliphatic carbocycles. The van der Waals surface area contributed by atoms with Crippen LogP contribution in [0, 0.1) is 0 Å². The summed E-state index contributed by atoms with van der Waals surface area (Å²) < 4.78 is 2.36. The molecule has 0 radical (unpaired) electrons. The van der Waals surface area contributed by atoms with E-state index >= 15 is 0 Å². The molecule has 1 aromatic heterocycles. The van der Waals surface area contributed by atoms with Gasteiger partial charge in [-0.15, -0.1) is 0 Å². The van der Waals surface area contributed by atoms with Gasteiger partial charge < -0.3 is 4.57 Å². The number of fused-ring (bicyclic) bond motifs is 11. The van der Waals surface area contributed by atoms with E-state index in [1.54, 1.807) is 0 Å². The van der Waals surface area contributed by atoms with Crippen molar-refractivity contribution in [2.24, 2.45) is 0 Å². The second kappa shape index (κ2) is 11.6. The Hall–Kier alpha value is -6.44. The molecule has 0 aliphatic heterocycles. The molecule has 7 aromatic carbocycles. The fourth-order valence-corrected chi connectivity index (χ4v) is 8.88. The van der Waals surface area contributed by atoms with Crippen molar-refractivity contribution in [2.45, 2.75) is 12.3 Å². The molecule has 0 N–H and O–H groups in total. The summed E-state index contributed by atoms with van der Waals surface area (Å²) in [6.45, 7) is 2.09. The maximum atomic E-state index is 2.42. The minimum absolute atomic E-state index is 0.304. The SMILES string of the molecule is C/C=C/c1c(/C=C\c2ccc(-c3ccc4c(c3)-c3ccccc3C43c4ccccc4-c4ccccc43)cc2)c2ccccc2n1-c1ccccc1. The van der Waals surface area contributed by atoms with Crippen LogP contribution in [0.4, 0.5) is 0 Å². The summed E-state index contributed by atoms with van der Waals surface area (Å²) in [7, 11) is 0. The normalized spacial score (nSPS) is 13.6. The lowest BCUT2D eigenvalue weighted by Gasteiger charge is -2.30. The van der Waals surface area contributed by atoms with Gasteiger partial charge in [-0.2, -0.15) is 0 Å². The fourth-order valence-electron chi connectivity index (χ4n) is 8.88. The molecule has 1 nitrogen and oxygen atoms in total. The monoisotopic (exact) mass is 649 g/mol. The van der Waals surface area contributed by atoms with Gasteiger partial charge in [-0.1, -0.05) is 164 Å². The minimum atomic E-state index is -0.304. The lowest BCUT2D eigenvalue weighted by molar-refractivity contribution is 0.794. The predicted octanol–water partition coefficient (Wildman–Crippen LogP) is 12.8. The van der Waals surface area contributed by atoms with E-state index < -0.39 is 0 Å². The van der Waals surface area contributed by atoms with Crippen LogP contribution >= 0.6 is 0 Å². The first-order valence-corrected chi connectivity index (χ1v) is 17.8. The zero-order chi connectivity index (χ0) is 33.9. The Morgan fingerprint density at radius 2 is 1.00 bits per heavy atom. The topological polar surface area (TPSA) is 4.93 Å². The Bertz CT molecular complexity index is 2640. The van der Waals surface area contributed by atoms with E-state index in [1.165, 1.54) is 83.4 Å². The molecule has 2 aliphatic rings. The zero-order valence-electron chi connectivity index (χ0n) is 28.4. The largest absolute Gasteiger partial charge is 0.309 e. The minimum Gasteiger partial charge on any atom is -0.309 e. The highest BCUT2D eigenvalue weighted by Gasteiger charge is 2.51. The van der Waals surface area contributed by atoms with Crippen LogP contribution in [-0.4, -0.2) is 4.57 Å². The summed E-state index contributed by atoms with van der Waals surface area (Å²) in [4.78, 5) is 0. The molecule has 0 amide bonds. The summed E-state index contributed by atoms with van der Waals surface area (Å²) in [6.07, 6.45) is 8.86. The van der Waals surface area contributed by atoms with Gasteiger partial charge in [-0.05, 0) is 98.5 Å². The highest BCUT2D eigenvalue weighted by molar-refractivity contribution is 5.98. The van der Waals surface area contributed by atoms with Crippen molar-refractivity contribution in [3.05, 3.63) is 215 Å². The number of allylic oxidation sites excluding steroid dienone is 1. The smallest absolute Gasteiger partial charge is 0.0725 e.